The highest BCUT2D eigenvalue weighted by molar-refractivity contribution is 6.32. The summed E-state index contributed by atoms with van der Waals surface area (Å²) in [5, 5.41) is 0.707. The second-order valence-corrected chi connectivity index (χ2v) is 4.98. The molecule has 0 amide bonds. The van der Waals surface area contributed by atoms with Gasteiger partial charge >= 0.3 is 0 Å². The van der Waals surface area contributed by atoms with Crippen LogP contribution in [0.5, 0.6) is 5.75 Å². The summed E-state index contributed by atoms with van der Waals surface area (Å²) in [6.45, 7) is 1.96. The average Bonchev–Trinajstić information content (AvgIpc) is 2.48. The van der Waals surface area contributed by atoms with Crippen molar-refractivity contribution in [3.8, 4) is 17.0 Å². The van der Waals surface area contributed by atoms with Gasteiger partial charge in [0.1, 0.15) is 5.75 Å². The molecule has 3 nitrogen and oxygen atoms in total. The Morgan fingerprint density at radius 1 is 1.05 bits per heavy atom. The minimum Gasteiger partial charge on any atom is -0.497 e. The van der Waals surface area contributed by atoms with E-state index in [1.165, 1.54) is 0 Å². The number of ether oxygens (including phenoxy) is 1. The van der Waals surface area contributed by atoms with Crippen LogP contribution in [-0.4, -0.2) is 17.1 Å². The molecule has 0 radical (unpaired) electrons. The predicted octanol–water partition coefficient (Wildman–Crippen LogP) is 4.27. The first kappa shape index (κ1) is 12.9. The Hall–Kier alpha value is -2.13. The molecule has 0 unspecified atom stereocenters. The van der Waals surface area contributed by atoms with Gasteiger partial charge < -0.3 is 4.74 Å². The van der Waals surface area contributed by atoms with E-state index >= 15 is 0 Å². The lowest BCUT2D eigenvalue weighted by Gasteiger charge is -2.05. The third kappa shape index (κ3) is 2.32. The van der Waals surface area contributed by atoms with Crippen molar-refractivity contribution >= 4 is 22.6 Å². The van der Waals surface area contributed by atoms with Crippen LogP contribution in [0.3, 0.4) is 0 Å². The van der Waals surface area contributed by atoms with Crippen LogP contribution in [0.25, 0.3) is 22.3 Å². The van der Waals surface area contributed by atoms with Crippen LogP contribution in [0, 0.1) is 6.92 Å². The van der Waals surface area contributed by atoms with Gasteiger partial charge in [-0.3, -0.25) is 4.98 Å². The molecule has 3 rings (SSSR count). The van der Waals surface area contributed by atoms with E-state index in [0.29, 0.717) is 5.02 Å². The fraction of sp³-hybridized carbons (Fsp3) is 0.125. The Labute approximate surface area is 122 Å². The van der Waals surface area contributed by atoms with Crippen molar-refractivity contribution < 1.29 is 4.74 Å². The zero-order valence-electron chi connectivity index (χ0n) is 11.2. The van der Waals surface area contributed by atoms with Gasteiger partial charge in [0.05, 0.1) is 30.0 Å². The summed E-state index contributed by atoms with van der Waals surface area (Å²) in [5.74, 6) is 0.821. The summed E-state index contributed by atoms with van der Waals surface area (Å²) in [4.78, 5) is 9.06. The normalized spacial score (nSPS) is 10.8. The highest BCUT2D eigenvalue weighted by Gasteiger charge is 2.05. The zero-order chi connectivity index (χ0) is 14.1. The first-order chi connectivity index (χ1) is 9.67. The molecule has 0 aliphatic heterocycles. The van der Waals surface area contributed by atoms with Crippen LogP contribution >= 0.6 is 11.6 Å². The highest BCUT2D eigenvalue weighted by Crippen LogP contribution is 2.25. The fourth-order valence-corrected chi connectivity index (χ4v) is 2.20. The van der Waals surface area contributed by atoms with E-state index in [4.69, 9.17) is 16.3 Å². The Morgan fingerprint density at radius 3 is 2.50 bits per heavy atom. The lowest BCUT2D eigenvalue weighted by molar-refractivity contribution is 0.415. The van der Waals surface area contributed by atoms with E-state index in [1.807, 2.05) is 43.3 Å². The summed E-state index contributed by atoms with van der Waals surface area (Å²) in [7, 11) is 1.65. The van der Waals surface area contributed by atoms with Gasteiger partial charge in [-0.15, -0.1) is 0 Å². The van der Waals surface area contributed by atoms with Gasteiger partial charge in [0.2, 0.25) is 0 Å². The minimum atomic E-state index is 0.707. The molecule has 3 aromatic rings. The number of aryl methyl sites for hydroxylation is 1. The molecular formula is C16H13ClN2O. The van der Waals surface area contributed by atoms with Gasteiger partial charge in [0.15, 0.2) is 0 Å². The van der Waals surface area contributed by atoms with E-state index in [0.717, 1.165) is 33.6 Å². The number of benzene rings is 2. The van der Waals surface area contributed by atoms with Crippen molar-refractivity contribution in [3.05, 3.63) is 53.2 Å². The summed E-state index contributed by atoms with van der Waals surface area (Å²) < 4.78 is 5.15. The van der Waals surface area contributed by atoms with Crippen LogP contribution in [0.1, 0.15) is 5.56 Å². The van der Waals surface area contributed by atoms with Crippen molar-refractivity contribution in [2.24, 2.45) is 0 Å². The molecule has 0 fully saturated rings. The van der Waals surface area contributed by atoms with Gasteiger partial charge in [0.25, 0.3) is 0 Å². The second kappa shape index (κ2) is 5.10. The van der Waals surface area contributed by atoms with Crippen LogP contribution in [0.15, 0.2) is 42.6 Å². The van der Waals surface area contributed by atoms with E-state index < -0.39 is 0 Å². The first-order valence-electron chi connectivity index (χ1n) is 6.25. The molecule has 4 heteroatoms. The van der Waals surface area contributed by atoms with Crippen LogP contribution in [0.4, 0.5) is 0 Å². The molecule has 1 aromatic heterocycles. The number of hydrogen-bond acceptors (Lipinski definition) is 3. The molecule has 0 saturated heterocycles. The number of aromatic nitrogens is 2. The van der Waals surface area contributed by atoms with E-state index in [1.54, 1.807) is 13.3 Å². The van der Waals surface area contributed by atoms with Gasteiger partial charge in [-0.1, -0.05) is 11.6 Å². The monoisotopic (exact) mass is 284 g/mol. The van der Waals surface area contributed by atoms with Crippen molar-refractivity contribution in [3.63, 3.8) is 0 Å². The van der Waals surface area contributed by atoms with Crippen LogP contribution in [-0.2, 0) is 0 Å². The van der Waals surface area contributed by atoms with Gasteiger partial charge in [0, 0.05) is 10.6 Å². The molecule has 0 aliphatic rings. The van der Waals surface area contributed by atoms with Crippen LogP contribution in [0.2, 0.25) is 5.02 Å². The van der Waals surface area contributed by atoms with E-state index in [9.17, 15) is 0 Å². The molecule has 0 saturated carbocycles. The zero-order valence-corrected chi connectivity index (χ0v) is 12.0. The Bertz CT molecular complexity index is 769. The number of halogens is 1. The molecule has 20 heavy (non-hydrogen) atoms. The topological polar surface area (TPSA) is 35.0 Å². The maximum absolute atomic E-state index is 6.14. The maximum Gasteiger partial charge on any atom is 0.118 e. The molecule has 0 bridgehead atoms. The number of fused-ring (bicyclic) bond motifs is 1. The van der Waals surface area contributed by atoms with Crippen molar-refractivity contribution in [1.82, 2.24) is 9.97 Å². The molecule has 100 valence electrons. The SMILES string of the molecule is COc1ccc(-c2cnc3cc(C)c(Cl)cc3n2)cc1. The Morgan fingerprint density at radius 2 is 1.80 bits per heavy atom. The third-order valence-electron chi connectivity index (χ3n) is 3.21. The van der Waals surface area contributed by atoms with E-state index in [2.05, 4.69) is 9.97 Å². The fourth-order valence-electron chi connectivity index (χ4n) is 2.04. The second-order valence-electron chi connectivity index (χ2n) is 4.57. The standard InChI is InChI=1S/C16H13ClN2O/c1-10-7-14-15(8-13(10)17)19-16(9-18-14)11-3-5-12(20-2)6-4-11/h3-9H,1-2H3. The number of hydrogen-bond donors (Lipinski definition) is 0. The number of methoxy groups -OCH3 is 1. The predicted molar refractivity (Wildman–Crippen MR) is 81.3 cm³/mol. The molecule has 0 spiro atoms. The Kier molecular flexibility index (Phi) is 3.28. The lowest BCUT2D eigenvalue weighted by atomic mass is 10.1. The molecular weight excluding hydrogens is 272 g/mol. The number of rotatable bonds is 2. The third-order valence-corrected chi connectivity index (χ3v) is 3.62. The molecule has 0 N–H and O–H groups in total. The largest absolute Gasteiger partial charge is 0.497 e. The van der Waals surface area contributed by atoms with Crippen LogP contribution < -0.4 is 4.74 Å². The smallest absolute Gasteiger partial charge is 0.118 e. The summed E-state index contributed by atoms with van der Waals surface area (Å²) >= 11 is 6.14. The first-order valence-corrected chi connectivity index (χ1v) is 6.62. The van der Waals surface area contributed by atoms with Crippen molar-refractivity contribution in [1.29, 1.82) is 0 Å². The number of nitrogens with zero attached hydrogens (tertiary/aromatic N) is 2. The minimum absolute atomic E-state index is 0.707. The van der Waals surface area contributed by atoms with Crippen molar-refractivity contribution in [2.45, 2.75) is 6.92 Å². The van der Waals surface area contributed by atoms with Gasteiger partial charge in [-0.05, 0) is 48.9 Å². The summed E-state index contributed by atoms with van der Waals surface area (Å²) in [6, 6.07) is 11.5. The van der Waals surface area contributed by atoms with Crippen molar-refractivity contribution in [2.75, 3.05) is 7.11 Å². The van der Waals surface area contributed by atoms with E-state index in [-0.39, 0.29) is 0 Å². The van der Waals surface area contributed by atoms with Gasteiger partial charge in [-0.25, -0.2) is 4.98 Å². The quantitative estimate of drug-likeness (QED) is 0.705. The molecule has 1 heterocycles. The highest BCUT2D eigenvalue weighted by atomic mass is 35.5. The summed E-state index contributed by atoms with van der Waals surface area (Å²) in [6.07, 6.45) is 1.78. The molecule has 0 atom stereocenters. The Balaban J connectivity index is 2.09. The average molecular weight is 285 g/mol. The molecule has 0 aliphatic carbocycles. The summed E-state index contributed by atoms with van der Waals surface area (Å²) in [5.41, 5.74) is 4.47. The van der Waals surface area contributed by atoms with Gasteiger partial charge in [-0.2, -0.15) is 0 Å². The molecule has 2 aromatic carbocycles. The lowest BCUT2D eigenvalue weighted by Crippen LogP contribution is -1.90. The maximum atomic E-state index is 6.14.